The molecule has 0 bridgehead atoms. The lowest BCUT2D eigenvalue weighted by Crippen LogP contribution is -2.15. The van der Waals surface area contributed by atoms with Crippen molar-refractivity contribution in [3.05, 3.63) is 94.8 Å². The van der Waals surface area contributed by atoms with Crippen molar-refractivity contribution in [2.75, 3.05) is 31.3 Å². The standard InChI is InChI=1S/C28H28FN3O3/c1-32(2)16-15-19-5-11-22(12-6-19)30-27(20-8-3-18(4-9-20)7-14-25(33)34)26-23-13-10-21(29)17-24(23)31-28(26)35/h3-6,8-13,17,30H,7,14-16H2,1-2H3,(H,31,35)(H,33,34)/b27-26-. The van der Waals surface area contributed by atoms with Crippen LogP contribution in [-0.2, 0) is 22.4 Å². The van der Waals surface area contributed by atoms with Crippen molar-refractivity contribution in [2.24, 2.45) is 0 Å². The van der Waals surface area contributed by atoms with E-state index >= 15 is 0 Å². The molecule has 0 radical (unpaired) electrons. The summed E-state index contributed by atoms with van der Waals surface area (Å²) in [6.45, 7) is 0.948. The number of hydrogen-bond donors (Lipinski definition) is 3. The van der Waals surface area contributed by atoms with Crippen molar-refractivity contribution in [1.29, 1.82) is 0 Å². The van der Waals surface area contributed by atoms with Crippen LogP contribution in [-0.4, -0.2) is 42.5 Å². The third kappa shape index (κ3) is 5.94. The Labute approximate surface area is 204 Å². The topological polar surface area (TPSA) is 81.7 Å². The van der Waals surface area contributed by atoms with E-state index in [2.05, 4.69) is 27.7 Å². The molecule has 3 aromatic carbocycles. The number of hydrogen-bond acceptors (Lipinski definition) is 4. The summed E-state index contributed by atoms with van der Waals surface area (Å²) >= 11 is 0. The van der Waals surface area contributed by atoms with Gasteiger partial charge in [-0.1, -0.05) is 36.4 Å². The molecule has 0 unspecified atom stereocenters. The molecule has 3 aromatic rings. The number of likely N-dealkylation sites (N-methyl/N-ethyl adjacent to an activating group) is 1. The average Bonchev–Trinajstić information content (AvgIpc) is 3.15. The van der Waals surface area contributed by atoms with Crippen LogP contribution in [0.3, 0.4) is 0 Å². The number of aryl methyl sites for hydroxylation is 1. The molecule has 0 fully saturated rings. The fourth-order valence-corrected chi connectivity index (χ4v) is 4.01. The Kier molecular flexibility index (Phi) is 7.27. The highest BCUT2D eigenvalue weighted by molar-refractivity contribution is 6.37. The zero-order valence-corrected chi connectivity index (χ0v) is 19.8. The van der Waals surface area contributed by atoms with Gasteiger partial charge in [0.1, 0.15) is 5.82 Å². The molecule has 4 rings (SSSR count). The van der Waals surface area contributed by atoms with Gasteiger partial charge in [-0.3, -0.25) is 9.59 Å². The van der Waals surface area contributed by atoms with E-state index in [4.69, 9.17) is 5.11 Å². The predicted molar refractivity (Wildman–Crippen MR) is 137 cm³/mol. The first kappa shape index (κ1) is 24.2. The second-order valence-corrected chi connectivity index (χ2v) is 8.86. The molecular weight excluding hydrogens is 445 g/mol. The number of nitrogens with zero attached hydrogens (tertiary/aromatic N) is 1. The minimum Gasteiger partial charge on any atom is -0.481 e. The maximum absolute atomic E-state index is 13.8. The first-order valence-electron chi connectivity index (χ1n) is 11.5. The van der Waals surface area contributed by atoms with Crippen molar-refractivity contribution in [3.63, 3.8) is 0 Å². The molecular formula is C28H28FN3O3. The third-order valence-corrected chi connectivity index (χ3v) is 5.92. The van der Waals surface area contributed by atoms with Crippen LogP contribution >= 0.6 is 0 Å². The molecule has 7 heteroatoms. The Morgan fingerprint density at radius 2 is 1.63 bits per heavy atom. The molecule has 0 aliphatic carbocycles. The van der Waals surface area contributed by atoms with Gasteiger partial charge in [0.05, 0.1) is 17.0 Å². The molecule has 1 heterocycles. The van der Waals surface area contributed by atoms with Gasteiger partial charge < -0.3 is 20.6 Å². The van der Waals surface area contributed by atoms with Gasteiger partial charge in [0.15, 0.2) is 0 Å². The van der Waals surface area contributed by atoms with Crippen molar-refractivity contribution in [1.82, 2.24) is 4.90 Å². The first-order chi connectivity index (χ1) is 16.8. The number of aliphatic carboxylic acids is 1. The van der Waals surface area contributed by atoms with Crippen LogP contribution < -0.4 is 10.6 Å². The molecule has 1 amide bonds. The van der Waals surface area contributed by atoms with Gasteiger partial charge in [-0.15, -0.1) is 0 Å². The lowest BCUT2D eigenvalue weighted by Gasteiger charge is -2.16. The predicted octanol–water partition coefficient (Wildman–Crippen LogP) is 4.88. The lowest BCUT2D eigenvalue weighted by atomic mass is 9.98. The molecule has 0 aromatic heterocycles. The number of anilines is 2. The SMILES string of the molecule is CN(C)CCc1ccc(N/C(=C2\C(=O)Nc3cc(F)ccc32)c2ccc(CCC(=O)O)cc2)cc1. The van der Waals surface area contributed by atoms with Crippen LogP contribution in [0.1, 0.15) is 28.7 Å². The van der Waals surface area contributed by atoms with E-state index in [0.29, 0.717) is 28.9 Å². The molecule has 0 spiro atoms. The number of carboxylic acid groups (broad SMARTS) is 1. The summed E-state index contributed by atoms with van der Waals surface area (Å²) in [5.74, 6) is -1.58. The molecule has 0 atom stereocenters. The van der Waals surface area contributed by atoms with E-state index in [0.717, 1.165) is 29.8 Å². The minimum atomic E-state index is -0.848. The van der Waals surface area contributed by atoms with Crippen LogP contribution in [0.5, 0.6) is 0 Å². The van der Waals surface area contributed by atoms with Gasteiger partial charge in [0.2, 0.25) is 0 Å². The second-order valence-electron chi connectivity index (χ2n) is 8.86. The van der Waals surface area contributed by atoms with Crippen molar-refractivity contribution < 1.29 is 19.1 Å². The zero-order chi connectivity index (χ0) is 24.9. The Bertz CT molecular complexity index is 1270. The Balaban J connectivity index is 1.71. The molecule has 35 heavy (non-hydrogen) atoms. The summed E-state index contributed by atoms with van der Waals surface area (Å²) in [6.07, 6.45) is 1.40. The van der Waals surface area contributed by atoms with Crippen LogP contribution in [0.25, 0.3) is 11.3 Å². The molecule has 0 saturated carbocycles. The summed E-state index contributed by atoms with van der Waals surface area (Å²) in [6, 6.07) is 19.8. The van der Waals surface area contributed by atoms with Crippen LogP contribution in [0.15, 0.2) is 66.7 Å². The molecule has 0 saturated heterocycles. The number of benzene rings is 3. The highest BCUT2D eigenvalue weighted by Gasteiger charge is 2.28. The average molecular weight is 474 g/mol. The quantitative estimate of drug-likeness (QED) is 0.386. The van der Waals surface area contributed by atoms with Gasteiger partial charge in [-0.25, -0.2) is 4.39 Å². The largest absolute Gasteiger partial charge is 0.481 e. The van der Waals surface area contributed by atoms with Crippen LogP contribution in [0.4, 0.5) is 15.8 Å². The lowest BCUT2D eigenvalue weighted by molar-refractivity contribution is -0.137. The van der Waals surface area contributed by atoms with Crippen LogP contribution in [0.2, 0.25) is 0 Å². The van der Waals surface area contributed by atoms with E-state index in [-0.39, 0.29) is 12.3 Å². The Hall–Kier alpha value is -3.97. The van der Waals surface area contributed by atoms with Crippen LogP contribution in [0, 0.1) is 5.82 Å². The summed E-state index contributed by atoms with van der Waals surface area (Å²) < 4.78 is 13.8. The second kappa shape index (κ2) is 10.5. The maximum Gasteiger partial charge on any atom is 0.303 e. The number of halogens is 1. The van der Waals surface area contributed by atoms with Crippen molar-refractivity contribution in [2.45, 2.75) is 19.3 Å². The monoisotopic (exact) mass is 473 g/mol. The minimum absolute atomic E-state index is 0.0487. The molecule has 3 N–H and O–H groups in total. The molecule has 1 aliphatic heterocycles. The fraction of sp³-hybridized carbons (Fsp3) is 0.214. The normalized spacial score (nSPS) is 14.0. The summed E-state index contributed by atoms with van der Waals surface area (Å²) in [7, 11) is 4.08. The van der Waals surface area contributed by atoms with E-state index < -0.39 is 11.8 Å². The molecule has 180 valence electrons. The molecule has 1 aliphatic rings. The number of rotatable bonds is 9. The summed E-state index contributed by atoms with van der Waals surface area (Å²) in [5.41, 5.74) is 5.76. The number of fused-ring (bicyclic) bond motifs is 1. The smallest absolute Gasteiger partial charge is 0.303 e. The van der Waals surface area contributed by atoms with Gasteiger partial charge in [-0.05, 0) is 74.0 Å². The third-order valence-electron chi connectivity index (χ3n) is 5.92. The van der Waals surface area contributed by atoms with Gasteiger partial charge >= 0.3 is 5.97 Å². The van der Waals surface area contributed by atoms with Gasteiger partial charge in [0.25, 0.3) is 5.91 Å². The Morgan fingerprint density at radius 3 is 2.29 bits per heavy atom. The number of carbonyl (C=O) groups is 2. The van der Waals surface area contributed by atoms with E-state index in [1.54, 1.807) is 6.07 Å². The highest BCUT2D eigenvalue weighted by atomic mass is 19.1. The van der Waals surface area contributed by atoms with E-state index in [9.17, 15) is 14.0 Å². The zero-order valence-electron chi connectivity index (χ0n) is 19.8. The summed E-state index contributed by atoms with van der Waals surface area (Å²) in [4.78, 5) is 26.0. The van der Waals surface area contributed by atoms with Crippen molar-refractivity contribution in [3.8, 4) is 0 Å². The van der Waals surface area contributed by atoms with Gasteiger partial charge in [-0.2, -0.15) is 0 Å². The maximum atomic E-state index is 13.8. The van der Waals surface area contributed by atoms with Gasteiger partial charge in [0, 0.05) is 24.2 Å². The Morgan fingerprint density at radius 1 is 0.971 bits per heavy atom. The number of amides is 1. The van der Waals surface area contributed by atoms with E-state index in [1.807, 2.05) is 50.5 Å². The number of nitrogens with one attached hydrogen (secondary N) is 2. The van der Waals surface area contributed by atoms with Crippen molar-refractivity contribution >= 4 is 34.5 Å². The fourth-order valence-electron chi connectivity index (χ4n) is 4.01. The number of carbonyl (C=O) groups excluding carboxylic acids is 1. The highest BCUT2D eigenvalue weighted by Crippen LogP contribution is 2.38. The summed E-state index contributed by atoms with van der Waals surface area (Å²) in [5, 5.41) is 15.1. The first-order valence-corrected chi connectivity index (χ1v) is 11.5. The molecule has 6 nitrogen and oxygen atoms in total. The van der Waals surface area contributed by atoms with E-state index in [1.165, 1.54) is 17.7 Å². The number of carboxylic acids is 1.